The summed E-state index contributed by atoms with van der Waals surface area (Å²) in [6, 6.07) is 4.14. The van der Waals surface area contributed by atoms with Crippen LogP contribution in [0.5, 0.6) is 0 Å². The fraction of sp³-hybridized carbons (Fsp3) is 0.357. The number of hydrogen-bond donors (Lipinski definition) is 1. The molecule has 0 atom stereocenters. The van der Waals surface area contributed by atoms with E-state index in [2.05, 4.69) is 37.0 Å². The molecule has 0 fully saturated rings. The lowest BCUT2D eigenvalue weighted by atomic mass is 10.0. The summed E-state index contributed by atoms with van der Waals surface area (Å²) in [5.74, 6) is 0.473. The molecule has 2 N–H and O–H groups in total. The summed E-state index contributed by atoms with van der Waals surface area (Å²) in [7, 11) is 0. The zero-order chi connectivity index (χ0) is 12.0. The molecule has 0 bridgehead atoms. The van der Waals surface area contributed by atoms with Gasteiger partial charge in [-0.05, 0) is 48.7 Å². The van der Waals surface area contributed by atoms with Gasteiger partial charge in [-0.25, -0.2) is 0 Å². The maximum Gasteiger partial charge on any atom is 0.0375 e. The number of aryl methyl sites for hydroxylation is 1. The number of aromatic nitrogens is 1. The lowest BCUT2D eigenvalue weighted by molar-refractivity contribution is 0.787. The van der Waals surface area contributed by atoms with Crippen LogP contribution in [0.25, 0.3) is 0 Å². The third-order valence-corrected chi connectivity index (χ3v) is 2.48. The normalized spacial score (nSPS) is 12.6. The Kier molecular flexibility index (Phi) is 4.77. The average molecular weight is 216 g/mol. The van der Waals surface area contributed by atoms with Crippen LogP contribution in [0.1, 0.15) is 25.1 Å². The van der Waals surface area contributed by atoms with Crippen LogP contribution in [-0.2, 0) is 6.42 Å². The SMILES string of the molecule is Cc1cc(C/C=C\C(=C/N)C(C)C)ccn1. The summed E-state index contributed by atoms with van der Waals surface area (Å²) in [5, 5.41) is 0. The summed E-state index contributed by atoms with van der Waals surface area (Å²) in [5.41, 5.74) is 9.07. The highest BCUT2D eigenvalue weighted by atomic mass is 14.6. The predicted octanol–water partition coefficient (Wildman–Crippen LogP) is 2.99. The van der Waals surface area contributed by atoms with E-state index in [1.807, 2.05) is 19.2 Å². The quantitative estimate of drug-likeness (QED) is 0.786. The van der Waals surface area contributed by atoms with Gasteiger partial charge in [-0.2, -0.15) is 0 Å². The Morgan fingerprint density at radius 1 is 1.50 bits per heavy atom. The molecule has 86 valence electrons. The van der Waals surface area contributed by atoms with Crippen molar-refractivity contribution >= 4 is 0 Å². The van der Waals surface area contributed by atoms with E-state index >= 15 is 0 Å². The Hall–Kier alpha value is -1.57. The van der Waals surface area contributed by atoms with Crippen molar-refractivity contribution in [3.63, 3.8) is 0 Å². The van der Waals surface area contributed by atoms with Crippen LogP contribution in [0.3, 0.4) is 0 Å². The van der Waals surface area contributed by atoms with Crippen molar-refractivity contribution < 1.29 is 0 Å². The highest BCUT2D eigenvalue weighted by Gasteiger charge is 1.97. The smallest absolute Gasteiger partial charge is 0.0375 e. The van der Waals surface area contributed by atoms with E-state index in [1.54, 1.807) is 6.20 Å². The second kappa shape index (κ2) is 6.11. The van der Waals surface area contributed by atoms with Gasteiger partial charge in [0.25, 0.3) is 0 Å². The number of allylic oxidation sites excluding steroid dienone is 3. The minimum atomic E-state index is 0.473. The molecule has 0 aliphatic rings. The van der Waals surface area contributed by atoms with E-state index in [1.165, 1.54) is 11.1 Å². The van der Waals surface area contributed by atoms with Crippen molar-refractivity contribution in [3.8, 4) is 0 Å². The van der Waals surface area contributed by atoms with Gasteiger partial charge >= 0.3 is 0 Å². The molecule has 0 amide bonds. The Balaban J connectivity index is 2.61. The Labute approximate surface area is 97.9 Å². The second-order valence-electron chi connectivity index (χ2n) is 4.23. The third-order valence-electron chi connectivity index (χ3n) is 2.48. The molecular formula is C14H20N2. The number of rotatable bonds is 4. The zero-order valence-electron chi connectivity index (χ0n) is 10.3. The summed E-state index contributed by atoms with van der Waals surface area (Å²) in [6.07, 6.45) is 8.70. The third kappa shape index (κ3) is 3.89. The number of hydrogen-bond acceptors (Lipinski definition) is 2. The van der Waals surface area contributed by atoms with Gasteiger partial charge < -0.3 is 5.73 Å². The number of pyridine rings is 1. The maximum atomic E-state index is 5.55. The number of nitrogens with two attached hydrogens (primary N) is 1. The monoisotopic (exact) mass is 216 g/mol. The topological polar surface area (TPSA) is 38.9 Å². The molecule has 1 heterocycles. The van der Waals surface area contributed by atoms with Gasteiger partial charge in [0.2, 0.25) is 0 Å². The van der Waals surface area contributed by atoms with E-state index in [-0.39, 0.29) is 0 Å². The fourth-order valence-corrected chi connectivity index (χ4v) is 1.50. The fourth-order valence-electron chi connectivity index (χ4n) is 1.50. The van der Waals surface area contributed by atoms with Crippen molar-refractivity contribution in [1.82, 2.24) is 4.98 Å². The van der Waals surface area contributed by atoms with Crippen molar-refractivity contribution in [1.29, 1.82) is 0 Å². The first-order valence-corrected chi connectivity index (χ1v) is 5.63. The van der Waals surface area contributed by atoms with Gasteiger partial charge in [0.05, 0.1) is 0 Å². The highest BCUT2D eigenvalue weighted by Crippen LogP contribution is 2.10. The van der Waals surface area contributed by atoms with Crippen LogP contribution >= 0.6 is 0 Å². The van der Waals surface area contributed by atoms with Crippen molar-refractivity contribution in [3.05, 3.63) is 53.5 Å². The summed E-state index contributed by atoms with van der Waals surface area (Å²) in [4.78, 5) is 4.17. The molecule has 0 saturated carbocycles. The predicted molar refractivity (Wildman–Crippen MR) is 68.9 cm³/mol. The van der Waals surface area contributed by atoms with Gasteiger partial charge in [0.15, 0.2) is 0 Å². The molecule has 0 aliphatic carbocycles. The summed E-state index contributed by atoms with van der Waals surface area (Å²) in [6.45, 7) is 6.28. The average Bonchev–Trinajstić information content (AvgIpc) is 2.24. The maximum absolute atomic E-state index is 5.55. The molecule has 1 aromatic heterocycles. The molecule has 16 heavy (non-hydrogen) atoms. The molecule has 0 aliphatic heterocycles. The molecule has 0 aromatic carbocycles. The van der Waals surface area contributed by atoms with E-state index in [0.717, 1.165) is 12.1 Å². The van der Waals surface area contributed by atoms with Gasteiger partial charge in [0.1, 0.15) is 0 Å². The lowest BCUT2D eigenvalue weighted by Crippen LogP contribution is -1.95. The lowest BCUT2D eigenvalue weighted by Gasteiger charge is -2.04. The van der Waals surface area contributed by atoms with E-state index < -0.39 is 0 Å². The van der Waals surface area contributed by atoms with Gasteiger partial charge in [0, 0.05) is 11.9 Å². The van der Waals surface area contributed by atoms with Gasteiger partial charge in [-0.15, -0.1) is 0 Å². The van der Waals surface area contributed by atoms with Crippen LogP contribution in [-0.4, -0.2) is 4.98 Å². The Bertz CT molecular complexity index is 389. The van der Waals surface area contributed by atoms with Crippen LogP contribution in [0.15, 0.2) is 42.3 Å². The standard InChI is InChI=1S/C14H20N2/c1-11(2)14(10-15)6-4-5-13-7-8-16-12(3)9-13/h4,6-11H,5,15H2,1-3H3/b6-4-,14-10+. The van der Waals surface area contributed by atoms with Crippen LogP contribution in [0, 0.1) is 12.8 Å². The van der Waals surface area contributed by atoms with Crippen molar-refractivity contribution in [2.75, 3.05) is 0 Å². The van der Waals surface area contributed by atoms with Crippen LogP contribution < -0.4 is 5.73 Å². The molecule has 2 nitrogen and oxygen atoms in total. The van der Waals surface area contributed by atoms with Crippen molar-refractivity contribution in [2.45, 2.75) is 27.2 Å². The summed E-state index contributed by atoms with van der Waals surface area (Å²) < 4.78 is 0. The van der Waals surface area contributed by atoms with Crippen LogP contribution in [0.4, 0.5) is 0 Å². The van der Waals surface area contributed by atoms with Gasteiger partial charge in [-0.1, -0.05) is 26.0 Å². The zero-order valence-corrected chi connectivity index (χ0v) is 10.3. The molecular weight excluding hydrogens is 196 g/mol. The molecule has 0 unspecified atom stereocenters. The van der Waals surface area contributed by atoms with Gasteiger partial charge in [-0.3, -0.25) is 4.98 Å². The Morgan fingerprint density at radius 2 is 2.25 bits per heavy atom. The molecule has 0 radical (unpaired) electrons. The molecule has 1 rings (SSSR count). The molecule has 0 saturated heterocycles. The first kappa shape index (κ1) is 12.5. The summed E-state index contributed by atoms with van der Waals surface area (Å²) >= 11 is 0. The minimum absolute atomic E-state index is 0.473. The molecule has 1 aromatic rings. The van der Waals surface area contributed by atoms with Crippen LogP contribution in [0.2, 0.25) is 0 Å². The Morgan fingerprint density at radius 3 is 2.81 bits per heavy atom. The van der Waals surface area contributed by atoms with Crippen molar-refractivity contribution in [2.24, 2.45) is 11.7 Å². The second-order valence-corrected chi connectivity index (χ2v) is 4.23. The molecule has 0 spiro atoms. The van der Waals surface area contributed by atoms with E-state index in [4.69, 9.17) is 5.73 Å². The first-order valence-electron chi connectivity index (χ1n) is 5.63. The number of nitrogens with zero attached hydrogens (tertiary/aromatic N) is 1. The largest absolute Gasteiger partial charge is 0.404 e. The van der Waals surface area contributed by atoms with E-state index in [0.29, 0.717) is 5.92 Å². The molecule has 2 heteroatoms. The minimum Gasteiger partial charge on any atom is -0.404 e. The van der Waals surface area contributed by atoms with E-state index in [9.17, 15) is 0 Å². The highest BCUT2D eigenvalue weighted by molar-refractivity contribution is 5.23. The first-order chi connectivity index (χ1) is 7.63.